The van der Waals surface area contributed by atoms with E-state index in [4.69, 9.17) is 16.6 Å². The van der Waals surface area contributed by atoms with Crippen LogP contribution in [0.5, 0.6) is 0 Å². The Kier molecular flexibility index (Phi) is 7.04. The number of rotatable bonds is 7. The van der Waals surface area contributed by atoms with Crippen molar-refractivity contribution >= 4 is 50.1 Å². The first-order valence-electron chi connectivity index (χ1n) is 13.7. The van der Waals surface area contributed by atoms with Crippen LogP contribution in [0.25, 0.3) is 10.9 Å². The van der Waals surface area contributed by atoms with E-state index in [0.717, 1.165) is 17.4 Å². The minimum atomic E-state index is -3.84. The van der Waals surface area contributed by atoms with Gasteiger partial charge in [0.1, 0.15) is 5.15 Å². The third kappa shape index (κ3) is 5.38. The Hall–Kier alpha value is -4.23. The number of aromatic nitrogens is 4. The molecule has 14 heteroatoms. The molecule has 1 unspecified atom stereocenters. The van der Waals surface area contributed by atoms with Crippen molar-refractivity contribution in [2.75, 3.05) is 29.6 Å². The van der Waals surface area contributed by atoms with Crippen LogP contribution in [0.15, 0.2) is 58.3 Å². The largest absolute Gasteiger partial charge is 0.377 e. The lowest BCUT2D eigenvalue weighted by Gasteiger charge is -2.25. The van der Waals surface area contributed by atoms with Crippen LogP contribution in [0.1, 0.15) is 40.6 Å². The highest BCUT2D eigenvalue weighted by Gasteiger charge is 2.57. The van der Waals surface area contributed by atoms with Gasteiger partial charge in [0.2, 0.25) is 16.0 Å². The first kappa shape index (κ1) is 28.9. The molecule has 6 rings (SSSR count). The highest BCUT2D eigenvalue weighted by molar-refractivity contribution is 7.89. The van der Waals surface area contributed by atoms with Crippen LogP contribution < -0.4 is 26.1 Å². The molecular formula is C29H30ClN7O5S. The molecule has 4 atom stereocenters. The first-order chi connectivity index (χ1) is 20.3. The van der Waals surface area contributed by atoms with Crippen LogP contribution >= 0.6 is 11.6 Å². The molecule has 0 spiro atoms. The van der Waals surface area contributed by atoms with Crippen molar-refractivity contribution in [3.8, 4) is 0 Å². The molecule has 1 saturated heterocycles. The number of benzene rings is 1. The Morgan fingerprint density at radius 3 is 2.49 bits per heavy atom. The molecule has 1 aliphatic carbocycles. The normalized spacial score (nSPS) is 20.1. The molecule has 2 aliphatic rings. The molecule has 2 fully saturated rings. The summed E-state index contributed by atoms with van der Waals surface area (Å²) in [5, 5.41) is 3.71. The summed E-state index contributed by atoms with van der Waals surface area (Å²) >= 11 is 6.02. The number of nitrogens with zero attached hydrogens (tertiary/aromatic N) is 5. The fourth-order valence-corrected chi connectivity index (χ4v) is 6.74. The lowest BCUT2D eigenvalue weighted by molar-refractivity contribution is 0.0977. The van der Waals surface area contributed by atoms with Gasteiger partial charge in [0.15, 0.2) is 5.69 Å². The molecule has 1 saturated carbocycles. The van der Waals surface area contributed by atoms with Crippen molar-refractivity contribution in [1.29, 1.82) is 0 Å². The average molecular weight is 624 g/mol. The van der Waals surface area contributed by atoms with E-state index in [1.165, 1.54) is 6.07 Å². The van der Waals surface area contributed by atoms with Gasteiger partial charge >= 0.3 is 0 Å². The third-order valence-corrected chi connectivity index (χ3v) is 8.89. The fraction of sp³-hybridized carbons (Fsp3) is 0.345. The summed E-state index contributed by atoms with van der Waals surface area (Å²) in [5.74, 6) is 0.202. The van der Waals surface area contributed by atoms with Gasteiger partial charge in [0.25, 0.3) is 17.0 Å². The van der Waals surface area contributed by atoms with Crippen molar-refractivity contribution in [3.63, 3.8) is 0 Å². The van der Waals surface area contributed by atoms with Crippen LogP contribution in [0.2, 0.25) is 5.15 Å². The van der Waals surface area contributed by atoms with Gasteiger partial charge in [-0.3, -0.25) is 19.0 Å². The lowest BCUT2D eigenvalue weighted by Crippen LogP contribution is -2.33. The highest BCUT2D eigenvalue weighted by atomic mass is 35.5. The number of carbonyl (C=O) groups excluding carboxylic acids is 1. The number of halogens is 1. The number of pyridine rings is 2. The standard InChI is InChI=1S/C29H30ClN7O5S/c1-15-11-17(16(2)31-21-8-9-22(30)32-25(21)27(39)34-43(4,41)42)24-18(12-15)28(40)35(3)29(33-24)36-13-19-20(14-36)26(19)37-10-6-5-7-23(37)38/h5-12,16,19-20,26,31H,13-14H2,1-4H3,(H,34,39)/t16-,19-,20+,26?/m1/s1. The number of piperidine rings is 1. The number of carbonyl (C=O) groups is 1. The zero-order valence-electron chi connectivity index (χ0n) is 23.9. The Bertz CT molecular complexity index is 2010. The Labute approximate surface area is 252 Å². The summed E-state index contributed by atoms with van der Waals surface area (Å²) in [5.41, 5.74) is 1.97. The Morgan fingerprint density at radius 2 is 1.81 bits per heavy atom. The molecule has 0 bridgehead atoms. The minimum absolute atomic E-state index is 0.0148. The number of amides is 1. The molecule has 1 aliphatic heterocycles. The first-order valence-corrected chi connectivity index (χ1v) is 16.0. The zero-order chi connectivity index (χ0) is 30.8. The van der Waals surface area contributed by atoms with Crippen molar-refractivity contribution < 1.29 is 13.2 Å². The van der Waals surface area contributed by atoms with Gasteiger partial charge in [-0.05, 0) is 43.7 Å². The predicted molar refractivity (Wildman–Crippen MR) is 164 cm³/mol. The smallest absolute Gasteiger partial charge is 0.285 e. The van der Waals surface area contributed by atoms with Crippen LogP contribution in [-0.2, 0) is 17.1 Å². The van der Waals surface area contributed by atoms with Gasteiger partial charge in [-0.2, -0.15) is 0 Å². The second kappa shape index (κ2) is 10.5. The molecule has 3 aromatic heterocycles. The number of sulfonamides is 1. The van der Waals surface area contributed by atoms with E-state index in [2.05, 4.69) is 15.2 Å². The summed E-state index contributed by atoms with van der Waals surface area (Å²) in [6, 6.07) is 11.6. The maximum atomic E-state index is 13.6. The number of hydrogen-bond acceptors (Lipinski definition) is 9. The van der Waals surface area contributed by atoms with E-state index < -0.39 is 22.0 Å². The molecule has 4 heterocycles. The van der Waals surface area contributed by atoms with Gasteiger partial charge in [0.05, 0.1) is 28.9 Å². The molecule has 1 amide bonds. The summed E-state index contributed by atoms with van der Waals surface area (Å²) < 4.78 is 28.7. The maximum absolute atomic E-state index is 13.6. The molecule has 43 heavy (non-hydrogen) atoms. The van der Waals surface area contributed by atoms with Gasteiger partial charge < -0.3 is 14.8 Å². The number of anilines is 2. The summed E-state index contributed by atoms with van der Waals surface area (Å²) in [4.78, 5) is 49.8. The average Bonchev–Trinajstić information content (AvgIpc) is 3.42. The van der Waals surface area contributed by atoms with E-state index in [-0.39, 0.29) is 33.7 Å². The Morgan fingerprint density at radius 1 is 1.09 bits per heavy atom. The molecule has 0 radical (unpaired) electrons. The second-order valence-corrected chi connectivity index (χ2v) is 13.4. The number of aryl methyl sites for hydroxylation is 1. The molecule has 2 N–H and O–H groups in total. The fourth-order valence-electron chi connectivity index (χ4n) is 6.16. The molecule has 224 valence electrons. The van der Waals surface area contributed by atoms with E-state index in [1.807, 2.05) is 36.9 Å². The van der Waals surface area contributed by atoms with Crippen LogP contribution in [0.3, 0.4) is 0 Å². The van der Waals surface area contributed by atoms with Crippen molar-refractivity contribution in [1.82, 2.24) is 23.8 Å². The van der Waals surface area contributed by atoms with Crippen molar-refractivity contribution in [3.05, 3.63) is 91.3 Å². The number of hydrogen-bond donors (Lipinski definition) is 2. The maximum Gasteiger partial charge on any atom is 0.285 e. The van der Waals surface area contributed by atoms with E-state index in [1.54, 1.807) is 40.4 Å². The number of nitrogens with one attached hydrogen (secondary N) is 2. The SMILES string of the molecule is Cc1cc([C@@H](C)Nc2ccc(Cl)nc2C(=O)NS(C)(=O)=O)c2nc(N3C[C@@H]4C(n5ccccc5=O)[C@@H]4C3)n(C)c(=O)c2c1. The van der Waals surface area contributed by atoms with Crippen LogP contribution in [0, 0.1) is 18.8 Å². The summed E-state index contributed by atoms with van der Waals surface area (Å²) in [6.07, 6.45) is 2.70. The third-order valence-electron chi connectivity index (χ3n) is 8.13. The van der Waals surface area contributed by atoms with Gasteiger partial charge in [-0.15, -0.1) is 0 Å². The van der Waals surface area contributed by atoms with E-state index in [0.29, 0.717) is 41.8 Å². The zero-order valence-corrected chi connectivity index (χ0v) is 25.5. The van der Waals surface area contributed by atoms with Crippen LogP contribution in [0.4, 0.5) is 11.6 Å². The quantitative estimate of drug-likeness (QED) is 0.296. The topological polar surface area (TPSA) is 148 Å². The minimum Gasteiger partial charge on any atom is -0.377 e. The van der Waals surface area contributed by atoms with Gasteiger partial charge in [0, 0.05) is 55.8 Å². The van der Waals surface area contributed by atoms with Crippen LogP contribution in [-0.4, -0.2) is 52.8 Å². The van der Waals surface area contributed by atoms with Crippen molar-refractivity contribution in [2.24, 2.45) is 18.9 Å². The van der Waals surface area contributed by atoms with Crippen molar-refractivity contribution in [2.45, 2.75) is 25.9 Å². The summed E-state index contributed by atoms with van der Waals surface area (Å²) in [6.45, 7) is 5.09. The van der Waals surface area contributed by atoms with Gasteiger partial charge in [-0.25, -0.2) is 23.1 Å². The molecule has 12 nitrogen and oxygen atoms in total. The summed E-state index contributed by atoms with van der Waals surface area (Å²) in [7, 11) is -2.13. The Balaban J connectivity index is 1.33. The van der Waals surface area contributed by atoms with E-state index >= 15 is 0 Å². The predicted octanol–water partition coefficient (Wildman–Crippen LogP) is 2.62. The molecule has 4 aromatic rings. The number of fused-ring (bicyclic) bond motifs is 2. The second-order valence-electron chi connectivity index (χ2n) is 11.3. The monoisotopic (exact) mass is 623 g/mol. The molecule has 1 aromatic carbocycles. The molecular weight excluding hydrogens is 594 g/mol. The van der Waals surface area contributed by atoms with Gasteiger partial charge in [-0.1, -0.05) is 23.7 Å². The van der Waals surface area contributed by atoms with E-state index in [9.17, 15) is 22.8 Å². The lowest BCUT2D eigenvalue weighted by atomic mass is 10.0. The highest BCUT2D eigenvalue weighted by Crippen LogP contribution is 2.55.